The minimum Gasteiger partial charge on any atom is -0.311 e. The van der Waals surface area contributed by atoms with Gasteiger partial charge in [0.2, 0.25) is 6.71 Å². The van der Waals surface area contributed by atoms with E-state index in [1.54, 1.807) is 0 Å². The molecule has 8 aromatic rings. The van der Waals surface area contributed by atoms with Crippen LogP contribution in [0.5, 0.6) is 0 Å². The number of rotatable bonds is 1. The predicted molar refractivity (Wildman–Crippen MR) is 252 cm³/mol. The molecular weight excluding hydrogens is 717 g/mol. The molecule has 1 aromatic heterocycles. The Morgan fingerprint density at radius 3 is 1.71 bits per heavy atom. The van der Waals surface area contributed by atoms with Crippen LogP contribution in [0.1, 0.15) is 101 Å². The third kappa shape index (κ3) is 4.83. The number of anilines is 3. The highest BCUT2D eigenvalue weighted by Crippen LogP contribution is 2.58. The van der Waals surface area contributed by atoms with Crippen molar-refractivity contribution in [2.24, 2.45) is 0 Å². The van der Waals surface area contributed by atoms with Crippen molar-refractivity contribution in [2.75, 3.05) is 4.90 Å². The second-order valence-electron chi connectivity index (χ2n) is 20.2. The molecule has 58 heavy (non-hydrogen) atoms. The lowest BCUT2D eigenvalue weighted by atomic mass is 9.29. The number of fused-ring (bicyclic) bond motifs is 14. The van der Waals surface area contributed by atoms with E-state index in [-0.39, 0.29) is 23.0 Å². The van der Waals surface area contributed by atoms with Gasteiger partial charge in [0.15, 0.2) is 0 Å². The van der Waals surface area contributed by atoms with Crippen molar-refractivity contribution < 1.29 is 0 Å². The number of hydrogen-bond acceptors (Lipinski definition) is 2. The molecule has 11 rings (SSSR count). The monoisotopic (exact) mass is 767 g/mol. The second-order valence-corrected chi connectivity index (χ2v) is 21.3. The highest BCUT2D eigenvalue weighted by Gasteiger charge is 2.55. The zero-order chi connectivity index (χ0) is 40.1. The van der Waals surface area contributed by atoms with Crippen molar-refractivity contribution in [3.05, 3.63) is 178 Å². The van der Waals surface area contributed by atoms with Crippen LogP contribution in [0, 0.1) is 0 Å². The summed E-state index contributed by atoms with van der Waals surface area (Å²) in [5.41, 5.74) is 19.9. The van der Waals surface area contributed by atoms with E-state index in [1.165, 1.54) is 104 Å². The quantitative estimate of drug-likeness (QED) is 0.150. The van der Waals surface area contributed by atoms with E-state index < -0.39 is 5.41 Å². The Labute approximate surface area is 348 Å². The van der Waals surface area contributed by atoms with Gasteiger partial charge in [0.1, 0.15) is 0 Å². The zero-order valence-electron chi connectivity index (χ0n) is 35.2. The highest BCUT2D eigenvalue weighted by atomic mass is 32.1. The van der Waals surface area contributed by atoms with Gasteiger partial charge in [-0.15, -0.1) is 11.3 Å². The third-order valence-corrected chi connectivity index (χ3v) is 14.7. The summed E-state index contributed by atoms with van der Waals surface area (Å²) in [6.45, 7) is 21.2. The first kappa shape index (κ1) is 35.8. The molecule has 0 saturated heterocycles. The van der Waals surface area contributed by atoms with Crippen LogP contribution < -0.4 is 21.3 Å². The average molecular weight is 768 g/mol. The maximum atomic E-state index is 2.63. The lowest BCUT2D eigenvalue weighted by Gasteiger charge is -2.48. The maximum absolute atomic E-state index is 2.63. The molecule has 0 bridgehead atoms. The van der Waals surface area contributed by atoms with E-state index >= 15 is 0 Å². The Morgan fingerprint density at radius 2 is 1.05 bits per heavy atom. The number of nitrogens with zero attached hydrogens (tertiary/aromatic N) is 1. The molecule has 0 amide bonds. The number of benzene rings is 7. The Kier molecular flexibility index (Phi) is 7.31. The van der Waals surface area contributed by atoms with Crippen LogP contribution >= 0.6 is 11.3 Å². The average Bonchev–Trinajstić information content (AvgIpc) is 3.70. The summed E-state index contributed by atoms with van der Waals surface area (Å²) in [7, 11) is 0. The largest absolute Gasteiger partial charge is 0.311 e. The summed E-state index contributed by atoms with van der Waals surface area (Å²) in [6, 6.07) is 54.8. The summed E-state index contributed by atoms with van der Waals surface area (Å²) in [5, 5.41) is 2.69. The molecule has 1 spiro atoms. The molecule has 2 aliphatic heterocycles. The topological polar surface area (TPSA) is 3.24 Å². The van der Waals surface area contributed by atoms with Crippen LogP contribution in [0.25, 0.3) is 31.3 Å². The van der Waals surface area contributed by atoms with Crippen molar-refractivity contribution in [1.82, 2.24) is 0 Å². The summed E-state index contributed by atoms with van der Waals surface area (Å²) < 4.78 is 2.67. The van der Waals surface area contributed by atoms with Gasteiger partial charge in [0.25, 0.3) is 0 Å². The van der Waals surface area contributed by atoms with Gasteiger partial charge < -0.3 is 4.90 Å². The Morgan fingerprint density at radius 1 is 0.448 bits per heavy atom. The van der Waals surface area contributed by atoms with Gasteiger partial charge in [-0.25, -0.2) is 0 Å². The number of hydrogen-bond donors (Lipinski definition) is 0. The molecule has 3 aliphatic rings. The Bertz CT molecular complexity index is 2970. The van der Waals surface area contributed by atoms with Crippen molar-refractivity contribution in [3.8, 4) is 11.1 Å². The van der Waals surface area contributed by atoms with E-state index in [9.17, 15) is 0 Å². The van der Waals surface area contributed by atoms with Gasteiger partial charge >= 0.3 is 0 Å². The normalized spacial score (nSPS) is 15.1. The van der Waals surface area contributed by atoms with Crippen LogP contribution in [0.15, 0.2) is 140 Å². The van der Waals surface area contributed by atoms with Gasteiger partial charge in [-0.1, -0.05) is 177 Å². The molecule has 0 N–H and O–H groups in total. The van der Waals surface area contributed by atoms with Gasteiger partial charge in [0.05, 0.1) is 5.41 Å². The third-order valence-electron chi connectivity index (χ3n) is 13.6. The molecule has 3 heterocycles. The molecule has 0 radical (unpaired) electrons. The summed E-state index contributed by atoms with van der Waals surface area (Å²) in [4.78, 5) is 2.63. The van der Waals surface area contributed by atoms with E-state index in [2.05, 4.69) is 207 Å². The molecule has 0 atom stereocenters. The number of thiophene rings is 1. The Hall–Kier alpha value is -5.38. The van der Waals surface area contributed by atoms with Gasteiger partial charge in [-0.05, 0) is 113 Å². The van der Waals surface area contributed by atoms with Crippen LogP contribution in [0.2, 0.25) is 0 Å². The smallest absolute Gasteiger partial charge is 0.247 e. The Balaban J connectivity index is 1.35. The molecule has 3 heteroatoms. The first-order valence-corrected chi connectivity index (χ1v) is 21.9. The lowest BCUT2D eigenvalue weighted by molar-refractivity contribution is 0.586. The zero-order valence-corrected chi connectivity index (χ0v) is 36.0. The van der Waals surface area contributed by atoms with Crippen LogP contribution in [-0.4, -0.2) is 6.71 Å². The molecule has 1 nitrogen and oxygen atoms in total. The lowest BCUT2D eigenvalue weighted by Crippen LogP contribution is -2.65. The maximum Gasteiger partial charge on any atom is 0.247 e. The minimum absolute atomic E-state index is 0.0151. The minimum atomic E-state index is -0.487. The van der Waals surface area contributed by atoms with E-state index in [4.69, 9.17) is 0 Å². The summed E-state index contributed by atoms with van der Waals surface area (Å²) in [6.07, 6.45) is 0. The van der Waals surface area contributed by atoms with Crippen LogP contribution in [0.4, 0.5) is 17.1 Å². The fourth-order valence-electron chi connectivity index (χ4n) is 10.6. The SMILES string of the molecule is CC(C)(C)c1ccc(N2c3cc4sc5ccccc5c4cc3B3c4cc(C(C)(C)C)ccc4C4(c5ccccc5-c5ccccc54)c4cc(C(C)(C)C)cc2c43)cc1. The van der Waals surface area contributed by atoms with E-state index in [0.29, 0.717) is 0 Å². The summed E-state index contributed by atoms with van der Waals surface area (Å²) >= 11 is 1.92. The van der Waals surface area contributed by atoms with E-state index in [0.717, 1.165) is 0 Å². The van der Waals surface area contributed by atoms with Gasteiger partial charge in [0, 0.05) is 31.8 Å². The predicted octanol–water partition coefficient (Wildman–Crippen LogP) is 12.9. The fraction of sp³-hybridized carbons (Fsp3) is 0.236. The van der Waals surface area contributed by atoms with Crippen LogP contribution in [0.3, 0.4) is 0 Å². The van der Waals surface area contributed by atoms with Crippen molar-refractivity contribution in [2.45, 2.75) is 84.0 Å². The second kappa shape index (κ2) is 11.9. The van der Waals surface area contributed by atoms with Crippen molar-refractivity contribution in [1.29, 1.82) is 0 Å². The molecule has 284 valence electrons. The van der Waals surface area contributed by atoms with Crippen molar-refractivity contribution >= 4 is 71.7 Å². The van der Waals surface area contributed by atoms with E-state index in [1.807, 2.05) is 11.3 Å². The van der Waals surface area contributed by atoms with Crippen LogP contribution in [-0.2, 0) is 21.7 Å². The van der Waals surface area contributed by atoms with Gasteiger partial charge in [-0.2, -0.15) is 0 Å². The van der Waals surface area contributed by atoms with Crippen molar-refractivity contribution in [3.63, 3.8) is 0 Å². The fourth-order valence-corrected chi connectivity index (χ4v) is 11.8. The molecule has 0 fully saturated rings. The molecule has 0 saturated carbocycles. The summed E-state index contributed by atoms with van der Waals surface area (Å²) in [5.74, 6) is 0. The standard InChI is InChI=1S/C55H50BNS/c1-52(2,3)33-22-25-36(26-23-33)57-47-32-50-40(39-18-12-15-21-49(39)58-50)31-46(47)56-45-29-34(53(4,5)6)24-27-43(45)55(44-28-35(54(7,8)9)30-48(57)51(44)56)41-19-13-10-16-37(41)38-17-11-14-20-42(38)55/h10-32H,1-9H3. The van der Waals surface area contributed by atoms with Gasteiger partial charge in [-0.3, -0.25) is 0 Å². The first-order valence-electron chi connectivity index (χ1n) is 21.0. The molecule has 0 unspecified atom stereocenters. The highest BCUT2D eigenvalue weighted by molar-refractivity contribution is 7.26. The molecule has 7 aromatic carbocycles. The molecular formula is C55H50BNS. The first-order chi connectivity index (χ1) is 27.7. The molecule has 1 aliphatic carbocycles.